The normalized spacial score (nSPS) is 32.8. The molecule has 1 N–H and O–H groups in total. The van der Waals surface area contributed by atoms with Gasteiger partial charge < -0.3 is 15.0 Å². The van der Waals surface area contributed by atoms with Crippen molar-refractivity contribution in [3.05, 3.63) is 0 Å². The number of carbonyl (C=O) groups is 3. The summed E-state index contributed by atoms with van der Waals surface area (Å²) in [5, 5.41) is 3.37. The molecule has 4 unspecified atom stereocenters. The van der Waals surface area contributed by atoms with Crippen LogP contribution in [-0.4, -0.2) is 72.5 Å². The summed E-state index contributed by atoms with van der Waals surface area (Å²) in [6.45, 7) is 5.87. The number of amides is 3. The highest BCUT2D eigenvalue weighted by Crippen LogP contribution is 2.48. The Kier molecular flexibility index (Phi) is 6.43. The summed E-state index contributed by atoms with van der Waals surface area (Å²) >= 11 is 0. The number of carbonyl (C=O) groups excluding carboxylic acids is 3. The van der Waals surface area contributed by atoms with Gasteiger partial charge in [0, 0.05) is 26.1 Å². The van der Waals surface area contributed by atoms with Crippen molar-refractivity contribution in [1.82, 2.24) is 15.1 Å². The first-order valence-electron chi connectivity index (χ1n) is 10.1. The summed E-state index contributed by atoms with van der Waals surface area (Å²) in [5.41, 5.74) is 0. The van der Waals surface area contributed by atoms with Crippen LogP contribution in [0.15, 0.2) is 0 Å². The lowest BCUT2D eigenvalue weighted by Gasteiger charge is -2.32. The summed E-state index contributed by atoms with van der Waals surface area (Å²) in [7, 11) is 0. The molecule has 4 aliphatic heterocycles. The van der Waals surface area contributed by atoms with Crippen molar-refractivity contribution >= 4 is 30.1 Å². The predicted molar refractivity (Wildman–Crippen MR) is 101 cm³/mol. The Bertz CT molecular complexity index is 566. The molecule has 0 aromatic heterocycles. The van der Waals surface area contributed by atoms with E-state index in [0.29, 0.717) is 5.92 Å². The number of ether oxygens (including phenoxy) is 1. The van der Waals surface area contributed by atoms with Crippen LogP contribution in [0, 0.1) is 17.8 Å². The van der Waals surface area contributed by atoms with Crippen molar-refractivity contribution in [1.29, 1.82) is 0 Å². The standard InChI is InChI=1S/C19H29N3O4.ClH/c1-2-20-11-12-5-8-21(9-6-12)15(23)7-10-22-18(24)16-13-3-4-14(26-13)17(16)19(22)25;/h12-14,16-17,20H,2-11H2,1H3;1H. The molecule has 0 aromatic rings. The Labute approximate surface area is 166 Å². The van der Waals surface area contributed by atoms with Crippen LogP contribution in [0.2, 0.25) is 0 Å². The first-order chi connectivity index (χ1) is 12.6. The molecule has 27 heavy (non-hydrogen) atoms. The second-order valence-corrected chi connectivity index (χ2v) is 8.05. The molecule has 152 valence electrons. The Hall–Kier alpha value is -1.18. The topological polar surface area (TPSA) is 79.0 Å². The smallest absolute Gasteiger partial charge is 0.235 e. The van der Waals surface area contributed by atoms with E-state index in [1.807, 2.05) is 4.90 Å². The fourth-order valence-corrected chi connectivity index (χ4v) is 5.09. The van der Waals surface area contributed by atoms with Gasteiger partial charge in [-0.3, -0.25) is 19.3 Å². The molecular formula is C19H30ClN3O4. The van der Waals surface area contributed by atoms with Crippen LogP contribution in [0.4, 0.5) is 0 Å². The number of imide groups is 1. The molecule has 0 aromatic carbocycles. The van der Waals surface area contributed by atoms with Crippen LogP contribution >= 0.6 is 12.4 Å². The first kappa shape index (κ1) is 20.6. The highest BCUT2D eigenvalue weighted by molar-refractivity contribution is 6.06. The molecule has 2 bridgehead atoms. The number of fused-ring (bicyclic) bond motifs is 5. The number of likely N-dealkylation sites (tertiary alicyclic amines) is 2. The van der Waals surface area contributed by atoms with E-state index in [0.717, 1.165) is 51.9 Å². The average Bonchev–Trinajstić information content (AvgIpc) is 3.33. The van der Waals surface area contributed by atoms with Gasteiger partial charge in [-0.1, -0.05) is 6.92 Å². The van der Waals surface area contributed by atoms with Gasteiger partial charge in [0.1, 0.15) is 0 Å². The lowest BCUT2D eigenvalue weighted by molar-refractivity contribution is -0.143. The largest absolute Gasteiger partial charge is 0.373 e. The molecule has 7 nitrogen and oxygen atoms in total. The summed E-state index contributed by atoms with van der Waals surface area (Å²) in [4.78, 5) is 41.0. The van der Waals surface area contributed by atoms with Crippen LogP contribution in [0.5, 0.6) is 0 Å². The van der Waals surface area contributed by atoms with Crippen molar-refractivity contribution in [2.24, 2.45) is 17.8 Å². The average molecular weight is 400 g/mol. The van der Waals surface area contributed by atoms with E-state index in [2.05, 4.69) is 12.2 Å². The lowest BCUT2D eigenvalue weighted by Crippen LogP contribution is -2.43. The number of nitrogens with zero attached hydrogens (tertiary/aromatic N) is 2. The highest BCUT2D eigenvalue weighted by Gasteiger charge is 2.62. The number of hydrogen-bond acceptors (Lipinski definition) is 5. The van der Waals surface area contributed by atoms with Crippen LogP contribution in [0.1, 0.15) is 39.0 Å². The van der Waals surface area contributed by atoms with Gasteiger partial charge in [-0.15, -0.1) is 12.4 Å². The van der Waals surface area contributed by atoms with Crippen LogP contribution in [0.3, 0.4) is 0 Å². The Balaban J connectivity index is 0.00000210. The highest BCUT2D eigenvalue weighted by atomic mass is 35.5. The van der Waals surface area contributed by atoms with Crippen LogP contribution < -0.4 is 5.32 Å². The fourth-order valence-electron chi connectivity index (χ4n) is 5.09. The summed E-state index contributed by atoms with van der Waals surface area (Å²) in [6.07, 6.45) is 3.86. The number of hydrogen-bond donors (Lipinski definition) is 1. The van der Waals surface area contributed by atoms with Gasteiger partial charge in [0.2, 0.25) is 17.7 Å². The molecule has 4 aliphatic rings. The summed E-state index contributed by atoms with van der Waals surface area (Å²) in [5.74, 6) is -0.135. The molecule has 8 heteroatoms. The van der Waals surface area contributed by atoms with Crippen molar-refractivity contribution in [2.45, 2.75) is 51.2 Å². The lowest BCUT2D eigenvalue weighted by atomic mass is 9.81. The second kappa shape index (κ2) is 8.45. The summed E-state index contributed by atoms with van der Waals surface area (Å²) < 4.78 is 5.74. The van der Waals surface area contributed by atoms with E-state index >= 15 is 0 Å². The number of piperidine rings is 1. The van der Waals surface area contributed by atoms with Crippen molar-refractivity contribution in [3.8, 4) is 0 Å². The van der Waals surface area contributed by atoms with E-state index in [-0.39, 0.29) is 67.1 Å². The summed E-state index contributed by atoms with van der Waals surface area (Å²) in [6, 6.07) is 0. The van der Waals surface area contributed by atoms with Crippen molar-refractivity contribution < 1.29 is 19.1 Å². The van der Waals surface area contributed by atoms with Gasteiger partial charge in [0.25, 0.3) is 0 Å². The quantitative estimate of drug-likeness (QED) is 0.668. The molecule has 4 heterocycles. The maximum atomic E-state index is 12.6. The minimum atomic E-state index is -0.293. The van der Waals surface area contributed by atoms with E-state index in [4.69, 9.17) is 4.74 Å². The first-order valence-corrected chi connectivity index (χ1v) is 10.1. The van der Waals surface area contributed by atoms with E-state index < -0.39 is 0 Å². The zero-order valence-electron chi connectivity index (χ0n) is 15.9. The van der Waals surface area contributed by atoms with Gasteiger partial charge in [0.05, 0.1) is 24.0 Å². The SMILES string of the molecule is CCNCC1CCN(C(=O)CCN2C(=O)C3C4CCC(O4)C3C2=O)CC1.Cl. The Morgan fingerprint density at radius 2 is 1.67 bits per heavy atom. The molecule has 4 atom stereocenters. The third-order valence-electron chi connectivity index (χ3n) is 6.58. The Morgan fingerprint density at radius 1 is 1.07 bits per heavy atom. The maximum absolute atomic E-state index is 12.6. The number of rotatable bonds is 6. The second-order valence-electron chi connectivity index (χ2n) is 8.05. The molecule has 0 spiro atoms. The molecule has 3 amide bonds. The predicted octanol–water partition coefficient (Wildman–Crippen LogP) is 0.809. The number of halogens is 1. The third kappa shape index (κ3) is 3.74. The van der Waals surface area contributed by atoms with Crippen LogP contribution in [0.25, 0.3) is 0 Å². The monoisotopic (exact) mass is 399 g/mol. The van der Waals surface area contributed by atoms with Crippen LogP contribution in [-0.2, 0) is 19.1 Å². The van der Waals surface area contributed by atoms with Gasteiger partial charge in [-0.05, 0) is 44.7 Å². The van der Waals surface area contributed by atoms with Crippen molar-refractivity contribution in [2.75, 3.05) is 32.7 Å². The number of nitrogens with one attached hydrogen (secondary N) is 1. The molecule has 4 saturated heterocycles. The van der Waals surface area contributed by atoms with Crippen molar-refractivity contribution in [3.63, 3.8) is 0 Å². The van der Waals surface area contributed by atoms with E-state index in [1.54, 1.807) is 0 Å². The Morgan fingerprint density at radius 3 is 2.22 bits per heavy atom. The minimum Gasteiger partial charge on any atom is -0.373 e. The van der Waals surface area contributed by atoms with Gasteiger partial charge >= 0.3 is 0 Å². The molecule has 0 saturated carbocycles. The van der Waals surface area contributed by atoms with Gasteiger partial charge in [-0.25, -0.2) is 0 Å². The third-order valence-corrected chi connectivity index (χ3v) is 6.58. The van der Waals surface area contributed by atoms with E-state index in [9.17, 15) is 14.4 Å². The van der Waals surface area contributed by atoms with E-state index in [1.165, 1.54) is 4.90 Å². The molecule has 0 aliphatic carbocycles. The molecule has 4 fully saturated rings. The van der Waals surface area contributed by atoms with Gasteiger partial charge in [0.15, 0.2) is 0 Å². The molecule has 0 radical (unpaired) electrons. The minimum absolute atomic E-state index is 0. The van der Waals surface area contributed by atoms with Gasteiger partial charge in [-0.2, -0.15) is 0 Å². The fraction of sp³-hybridized carbons (Fsp3) is 0.842. The maximum Gasteiger partial charge on any atom is 0.235 e. The zero-order chi connectivity index (χ0) is 18.3. The zero-order valence-corrected chi connectivity index (χ0v) is 16.7. The molecular weight excluding hydrogens is 370 g/mol. The molecule has 4 rings (SSSR count).